The van der Waals surface area contributed by atoms with Gasteiger partial charge in [-0.1, -0.05) is 25.6 Å². The van der Waals surface area contributed by atoms with Crippen molar-refractivity contribution in [2.75, 3.05) is 14.2 Å². The highest BCUT2D eigenvalue weighted by atomic mass is 32.1. The molecule has 5 heteroatoms. The maximum atomic E-state index is 5.35. The van der Waals surface area contributed by atoms with E-state index in [1.54, 1.807) is 20.5 Å². The molecular weight excluding hydrogens is 272 g/mol. The van der Waals surface area contributed by atoms with Crippen LogP contribution >= 0.6 is 12.2 Å². The van der Waals surface area contributed by atoms with Crippen LogP contribution in [0.5, 0.6) is 11.5 Å². The zero-order chi connectivity index (χ0) is 14.5. The molecule has 1 aromatic heterocycles. The van der Waals surface area contributed by atoms with E-state index in [0.717, 1.165) is 29.7 Å². The smallest absolute Gasteiger partial charge is 0.161 e. The lowest BCUT2D eigenvalue weighted by Crippen LogP contribution is -1.97. The molecule has 0 amide bonds. The molecule has 0 aliphatic heterocycles. The Bertz CT molecular complexity index is 653. The third-order valence-electron chi connectivity index (χ3n) is 3.12. The van der Waals surface area contributed by atoms with Gasteiger partial charge in [0.05, 0.1) is 26.2 Å². The number of hydrogen-bond acceptors (Lipinski definition) is 4. The number of methoxy groups -OCH3 is 2. The molecule has 2 rings (SSSR count). The molecule has 0 spiro atoms. The molecule has 0 radical (unpaired) electrons. The second-order valence-corrected chi connectivity index (χ2v) is 4.77. The van der Waals surface area contributed by atoms with Gasteiger partial charge in [0.15, 0.2) is 11.5 Å². The molecule has 0 unspecified atom stereocenters. The largest absolute Gasteiger partial charge is 0.493 e. The fourth-order valence-electron chi connectivity index (χ4n) is 2.16. The van der Waals surface area contributed by atoms with Crippen molar-refractivity contribution in [2.45, 2.75) is 19.8 Å². The molecule has 0 atom stereocenters. The molecule has 2 aromatic rings. The normalized spacial score (nSPS) is 10.3. The maximum Gasteiger partial charge on any atom is 0.161 e. The van der Waals surface area contributed by atoms with Gasteiger partial charge in [0.1, 0.15) is 4.64 Å². The Morgan fingerprint density at radius 2 is 1.95 bits per heavy atom. The number of aromatic amines is 1. The first-order chi connectivity index (χ1) is 9.71. The lowest BCUT2D eigenvalue weighted by molar-refractivity contribution is 0.355. The first-order valence-corrected chi connectivity index (χ1v) is 6.91. The van der Waals surface area contributed by atoms with Crippen LogP contribution in [0.25, 0.3) is 11.3 Å². The van der Waals surface area contributed by atoms with Gasteiger partial charge >= 0.3 is 0 Å². The van der Waals surface area contributed by atoms with Crippen LogP contribution in [-0.4, -0.2) is 24.2 Å². The van der Waals surface area contributed by atoms with E-state index in [4.69, 9.17) is 21.7 Å². The minimum Gasteiger partial charge on any atom is -0.493 e. The van der Waals surface area contributed by atoms with Gasteiger partial charge in [-0.15, -0.1) is 0 Å². The molecule has 1 heterocycles. The van der Waals surface area contributed by atoms with E-state index < -0.39 is 0 Å². The van der Waals surface area contributed by atoms with Gasteiger partial charge in [-0.2, -0.15) is 0 Å². The lowest BCUT2D eigenvalue weighted by Gasteiger charge is -2.12. The molecule has 20 heavy (non-hydrogen) atoms. The van der Waals surface area contributed by atoms with Crippen LogP contribution in [0.4, 0.5) is 0 Å². The number of hydrogen-bond donors (Lipinski definition) is 1. The van der Waals surface area contributed by atoms with Gasteiger partial charge in [-0.25, -0.2) is 4.98 Å². The van der Waals surface area contributed by atoms with Crippen molar-refractivity contribution >= 4 is 12.2 Å². The summed E-state index contributed by atoms with van der Waals surface area (Å²) in [6.07, 6.45) is 3.55. The third-order valence-corrected chi connectivity index (χ3v) is 3.47. The topological polar surface area (TPSA) is 47.1 Å². The minimum absolute atomic E-state index is 0.649. The average molecular weight is 290 g/mol. The lowest BCUT2D eigenvalue weighted by atomic mass is 10.0. The zero-order valence-electron chi connectivity index (χ0n) is 11.9. The highest BCUT2D eigenvalue weighted by molar-refractivity contribution is 7.71. The number of aromatic nitrogens is 2. The van der Waals surface area contributed by atoms with E-state index in [-0.39, 0.29) is 0 Å². The summed E-state index contributed by atoms with van der Waals surface area (Å²) in [5.74, 6) is 1.41. The molecule has 0 saturated carbocycles. The van der Waals surface area contributed by atoms with Crippen LogP contribution in [0.2, 0.25) is 0 Å². The SMILES string of the molecule is CCCc1c(-c2ccc(OC)c(OC)c2)[nH]cnc1=S. The van der Waals surface area contributed by atoms with E-state index in [2.05, 4.69) is 16.9 Å². The van der Waals surface area contributed by atoms with E-state index >= 15 is 0 Å². The molecule has 0 bridgehead atoms. The molecule has 0 fully saturated rings. The summed E-state index contributed by atoms with van der Waals surface area (Å²) < 4.78 is 11.3. The number of nitrogens with zero attached hydrogens (tertiary/aromatic N) is 1. The number of H-pyrrole nitrogens is 1. The van der Waals surface area contributed by atoms with Crippen LogP contribution in [-0.2, 0) is 6.42 Å². The summed E-state index contributed by atoms with van der Waals surface area (Å²) in [4.78, 5) is 7.36. The molecular formula is C15H18N2O2S. The van der Waals surface area contributed by atoms with Crippen molar-refractivity contribution in [1.82, 2.24) is 9.97 Å². The first kappa shape index (κ1) is 14.5. The fraction of sp³-hybridized carbons (Fsp3) is 0.333. The maximum absolute atomic E-state index is 5.35. The number of benzene rings is 1. The quantitative estimate of drug-likeness (QED) is 0.851. The Kier molecular flexibility index (Phi) is 4.74. The van der Waals surface area contributed by atoms with Crippen LogP contribution in [0.3, 0.4) is 0 Å². The van der Waals surface area contributed by atoms with E-state index in [9.17, 15) is 0 Å². The van der Waals surface area contributed by atoms with Crippen molar-refractivity contribution in [3.63, 3.8) is 0 Å². The predicted octanol–water partition coefficient (Wildman–Crippen LogP) is 3.78. The Labute approximate surface area is 123 Å². The first-order valence-electron chi connectivity index (χ1n) is 6.50. The molecule has 4 nitrogen and oxygen atoms in total. The molecule has 106 valence electrons. The summed E-state index contributed by atoms with van der Waals surface area (Å²) in [6, 6.07) is 5.82. The predicted molar refractivity (Wildman–Crippen MR) is 82.0 cm³/mol. The Morgan fingerprint density at radius 1 is 1.20 bits per heavy atom. The molecule has 0 aliphatic carbocycles. The molecule has 1 aromatic carbocycles. The van der Waals surface area contributed by atoms with Gasteiger partial charge < -0.3 is 14.5 Å². The van der Waals surface area contributed by atoms with Gasteiger partial charge in [0.2, 0.25) is 0 Å². The van der Waals surface area contributed by atoms with Crippen molar-refractivity contribution in [2.24, 2.45) is 0 Å². The van der Waals surface area contributed by atoms with E-state index in [1.807, 2.05) is 18.2 Å². The van der Waals surface area contributed by atoms with Gasteiger partial charge in [0.25, 0.3) is 0 Å². The zero-order valence-corrected chi connectivity index (χ0v) is 12.7. The van der Waals surface area contributed by atoms with Crippen molar-refractivity contribution in [1.29, 1.82) is 0 Å². The van der Waals surface area contributed by atoms with Crippen molar-refractivity contribution in [3.05, 3.63) is 34.7 Å². The second kappa shape index (κ2) is 6.52. The Balaban J connectivity index is 2.57. The van der Waals surface area contributed by atoms with Gasteiger partial charge in [0, 0.05) is 11.1 Å². The summed E-state index contributed by atoms with van der Waals surface area (Å²) >= 11 is 5.33. The van der Waals surface area contributed by atoms with E-state index in [1.165, 1.54) is 0 Å². The standard InChI is InChI=1S/C15H18N2O2S/c1-4-5-11-14(16-9-17-15(11)20)10-6-7-12(18-2)13(8-10)19-3/h6-9H,4-5H2,1-3H3,(H,16,17,20). The summed E-state index contributed by atoms with van der Waals surface area (Å²) in [7, 11) is 3.25. The van der Waals surface area contributed by atoms with Crippen molar-refractivity contribution in [3.8, 4) is 22.8 Å². The highest BCUT2D eigenvalue weighted by Gasteiger charge is 2.11. The average Bonchev–Trinajstić information content (AvgIpc) is 2.48. The number of ether oxygens (including phenoxy) is 2. The number of nitrogens with one attached hydrogen (secondary N) is 1. The van der Waals surface area contributed by atoms with E-state index in [0.29, 0.717) is 16.1 Å². The number of rotatable bonds is 5. The van der Waals surface area contributed by atoms with Crippen molar-refractivity contribution < 1.29 is 9.47 Å². The minimum atomic E-state index is 0.649. The highest BCUT2D eigenvalue weighted by Crippen LogP contribution is 2.33. The summed E-state index contributed by atoms with van der Waals surface area (Å²) in [5, 5.41) is 0. The summed E-state index contributed by atoms with van der Waals surface area (Å²) in [6.45, 7) is 2.13. The third kappa shape index (κ3) is 2.82. The van der Waals surface area contributed by atoms with Crippen LogP contribution in [0, 0.1) is 4.64 Å². The second-order valence-electron chi connectivity index (χ2n) is 4.38. The summed E-state index contributed by atoms with van der Waals surface area (Å²) in [5.41, 5.74) is 3.07. The van der Waals surface area contributed by atoms with Crippen LogP contribution in [0.1, 0.15) is 18.9 Å². The molecule has 1 N–H and O–H groups in total. The monoisotopic (exact) mass is 290 g/mol. The Hall–Kier alpha value is -1.88. The fourth-order valence-corrected chi connectivity index (χ4v) is 2.42. The van der Waals surface area contributed by atoms with Gasteiger partial charge in [-0.05, 0) is 24.6 Å². The molecule has 0 saturated heterocycles. The Morgan fingerprint density at radius 3 is 2.60 bits per heavy atom. The molecule has 0 aliphatic rings. The van der Waals surface area contributed by atoms with Crippen LogP contribution < -0.4 is 9.47 Å². The van der Waals surface area contributed by atoms with Crippen LogP contribution in [0.15, 0.2) is 24.5 Å². The van der Waals surface area contributed by atoms with Gasteiger partial charge in [-0.3, -0.25) is 0 Å².